The molecule has 0 aliphatic rings. The fourth-order valence-corrected chi connectivity index (χ4v) is 7.93. The molecule has 0 spiro atoms. The molecular formula is C52H35N. The van der Waals surface area contributed by atoms with Crippen molar-refractivity contribution < 1.29 is 0 Å². The highest BCUT2D eigenvalue weighted by atomic mass is 15.1. The van der Waals surface area contributed by atoms with Gasteiger partial charge in [-0.3, -0.25) is 0 Å². The number of anilines is 3. The van der Waals surface area contributed by atoms with E-state index in [1.54, 1.807) is 0 Å². The highest BCUT2D eigenvalue weighted by molar-refractivity contribution is 6.08. The molecule has 0 aromatic heterocycles. The largest absolute Gasteiger partial charge is 0.309 e. The maximum atomic E-state index is 2.45. The van der Waals surface area contributed by atoms with E-state index in [0.717, 1.165) is 17.1 Å². The molecule has 1 heteroatoms. The second-order valence-corrected chi connectivity index (χ2v) is 13.8. The first-order chi connectivity index (χ1) is 26.3. The third-order valence-electron chi connectivity index (χ3n) is 10.6. The van der Waals surface area contributed by atoms with Crippen molar-refractivity contribution in [3.05, 3.63) is 212 Å². The van der Waals surface area contributed by atoms with Crippen molar-refractivity contribution in [2.24, 2.45) is 0 Å². The van der Waals surface area contributed by atoms with Gasteiger partial charge in [0, 0.05) is 16.6 Å². The molecule has 0 amide bonds. The van der Waals surface area contributed by atoms with Crippen molar-refractivity contribution in [3.63, 3.8) is 0 Å². The van der Waals surface area contributed by atoms with E-state index in [-0.39, 0.29) is 0 Å². The van der Waals surface area contributed by atoms with Gasteiger partial charge in [0.05, 0.1) is 11.4 Å². The van der Waals surface area contributed by atoms with Crippen LogP contribution in [-0.4, -0.2) is 0 Å². The molecule has 0 radical (unpaired) electrons. The third-order valence-corrected chi connectivity index (χ3v) is 10.6. The highest BCUT2D eigenvalue weighted by Crippen LogP contribution is 2.45. The summed E-state index contributed by atoms with van der Waals surface area (Å²) in [6.07, 6.45) is 0. The molecule has 0 N–H and O–H groups in total. The Bertz CT molecular complexity index is 2940. The SMILES string of the molecule is c1ccc(-c2ccc(-c3ccc4ccccc4c3)cc2N(c2ccc(-c3ccc4c(ccc5ccccc54)c3)cc2)c2cccc3ccccc23)cc1. The van der Waals surface area contributed by atoms with Crippen LogP contribution < -0.4 is 4.90 Å². The fraction of sp³-hybridized carbons (Fsp3) is 0. The van der Waals surface area contributed by atoms with Gasteiger partial charge < -0.3 is 4.90 Å². The van der Waals surface area contributed by atoms with Crippen LogP contribution in [0.4, 0.5) is 17.1 Å². The molecule has 0 saturated carbocycles. The Kier molecular flexibility index (Phi) is 7.55. The van der Waals surface area contributed by atoms with Crippen LogP contribution >= 0.6 is 0 Å². The minimum Gasteiger partial charge on any atom is -0.309 e. The van der Waals surface area contributed by atoms with Crippen molar-refractivity contribution in [2.45, 2.75) is 0 Å². The molecule has 53 heavy (non-hydrogen) atoms. The molecule has 0 bridgehead atoms. The van der Waals surface area contributed by atoms with E-state index in [0.29, 0.717) is 0 Å². The van der Waals surface area contributed by atoms with E-state index < -0.39 is 0 Å². The first-order valence-electron chi connectivity index (χ1n) is 18.3. The van der Waals surface area contributed by atoms with Crippen LogP contribution in [0.5, 0.6) is 0 Å². The monoisotopic (exact) mass is 673 g/mol. The van der Waals surface area contributed by atoms with Crippen molar-refractivity contribution in [3.8, 4) is 33.4 Å². The lowest BCUT2D eigenvalue weighted by atomic mass is 9.95. The summed E-state index contributed by atoms with van der Waals surface area (Å²) in [5.74, 6) is 0. The molecule has 10 aromatic rings. The first kappa shape index (κ1) is 30.8. The highest BCUT2D eigenvalue weighted by Gasteiger charge is 2.20. The van der Waals surface area contributed by atoms with E-state index in [1.165, 1.54) is 76.5 Å². The van der Waals surface area contributed by atoms with Crippen molar-refractivity contribution in [1.29, 1.82) is 0 Å². The zero-order valence-electron chi connectivity index (χ0n) is 29.2. The average molecular weight is 674 g/mol. The zero-order chi connectivity index (χ0) is 35.1. The number of nitrogens with zero attached hydrogens (tertiary/aromatic N) is 1. The van der Waals surface area contributed by atoms with Gasteiger partial charge in [-0.1, -0.05) is 176 Å². The molecule has 248 valence electrons. The summed E-state index contributed by atoms with van der Waals surface area (Å²) < 4.78 is 0. The van der Waals surface area contributed by atoms with Gasteiger partial charge in [-0.25, -0.2) is 0 Å². The molecule has 0 fully saturated rings. The number of benzene rings is 10. The Morgan fingerprint density at radius 1 is 0.245 bits per heavy atom. The number of hydrogen-bond acceptors (Lipinski definition) is 1. The Morgan fingerprint density at radius 2 is 0.774 bits per heavy atom. The van der Waals surface area contributed by atoms with Gasteiger partial charge in [0.15, 0.2) is 0 Å². The first-order valence-corrected chi connectivity index (χ1v) is 18.3. The maximum absolute atomic E-state index is 2.45. The summed E-state index contributed by atoms with van der Waals surface area (Å²) in [6, 6.07) is 77.4. The van der Waals surface area contributed by atoms with Crippen molar-refractivity contribution >= 4 is 60.2 Å². The summed E-state index contributed by atoms with van der Waals surface area (Å²) in [4.78, 5) is 2.45. The normalized spacial score (nSPS) is 11.4. The minimum atomic E-state index is 1.10. The molecule has 0 saturated heterocycles. The number of hydrogen-bond donors (Lipinski definition) is 0. The summed E-state index contributed by atoms with van der Waals surface area (Å²) >= 11 is 0. The number of rotatable bonds is 6. The van der Waals surface area contributed by atoms with Gasteiger partial charge in [0.2, 0.25) is 0 Å². The van der Waals surface area contributed by atoms with Gasteiger partial charge in [0.25, 0.3) is 0 Å². The van der Waals surface area contributed by atoms with Gasteiger partial charge in [-0.15, -0.1) is 0 Å². The molecule has 0 aliphatic heterocycles. The molecule has 0 heterocycles. The van der Waals surface area contributed by atoms with Crippen molar-refractivity contribution in [2.75, 3.05) is 4.90 Å². The lowest BCUT2D eigenvalue weighted by Crippen LogP contribution is -2.12. The van der Waals surface area contributed by atoms with Crippen LogP contribution in [0.15, 0.2) is 212 Å². The maximum Gasteiger partial charge on any atom is 0.0546 e. The molecule has 0 aliphatic carbocycles. The van der Waals surface area contributed by atoms with Crippen molar-refractivity contribution in [1.82, 2.24) is 0 Å². The summed E-state index contributed by atoms with van der Waals surface area (Å²) in [5, 5.41) is 9.99. The Morgan fingerprint density at radius 3 is 1.60 bits per heavy atom. The van der Waals surface area contributed by atoms with Crippen LogP contribution in [0, 0.1) is 0 Å². The van der Waals surface area contributed by atoms with Crippen LogP contribution in [0.25, 0.3) is 76.5 Å². The number of fused-ring (bicyclic) bond motifs is 5. The lowest BCUT2D eigenvalue weighted by Gasteiger charge is -2.30. The van der Waals surface area contributed by atoms with E-state index >= 15 is 0 Å². The Labute approximate surface area is 309 Å². The standard InChI is InChI=1S/C52H35N/c1-2-12-38(13-3-1)50-32-28-44(43-23-21-36-11-4-5-16-41(36)33-43)35-52(50)53(51-20-10-17-39-14-7-9-19-49(39)51)46-29-25-37(26-30-46)42-27-31-48-45(34-42)24-22-40-15-6-8-18-47(40)48/h1-35H. The van der Waals surface area contributed by atoms with Crippen LogP contribution in [0.1, 0.15) is 0 Å². The van der Waals surface area contributed by atoms with Crippen LogP contribution in [0.3, 0.4) is 0 Å². The minimum absolute atomic E-state index is 1.10. The molecule has 10 aromatic carbocycles. The zero-order valence-corrected chi connectivity index (χ0v) is 29.2. The summed E-state index contributed by atoms with van der Waals surface area (Å²) in [7, 11) is 0. The van der Waals surface area contributed by atoms with E-state index in [9.17, 15) is 0 Å². The predicted octanol–water partition coefficient (Wildman–Crippen LogP) is 14.8. The van der Waals surface area contributed by atoms with Crippen LogP contribution in [0.2, 0.25) is 0 Å². The van der Waals surface area contributed by atoms with Gasteiger partial charge in [-0.05, 0) is 102 Å². The van der Waals surface area contributed by atoms with Gasteiger partial charge >= 0.3 is 0 Å². The van der Waals surface area contributed by atoms with Crippen LogP contribution in [-0.2, 0) is 0 Å². The quantitative estimate of drug-likeness (QED) is 0.159. The molecular weight excluding hydrogens is 639 g/mol. The lowest BCUT2D eigenvalue weighted by molar-refractivity contribution is 1.30. The summed E-state index contributed by atoms with van der Waals surface area (Å²) in [5.41, 5.74) is 10.5. The van der Waals surface area contributed by atoms with Gasteiger partial charge in [0.1, 0.15) is 0 Å². The Hall–Kier alpha value is -6.96. The molecule has 10 rings (SSSR count). The molecule has 1 nitrogen and oxygen atoms in total. The third kappa shape index (κ3) is 5.60. The van der Waals surface area contributed by atoms with E-state index in [1.807, 2.05) is 0 Å². The second-order valence-electron chi connectivity index (χ2n) is 13.8. The predicted molar refractivity (Wildman–Crippen MR) is 227 cm³/mol. The second kappa shape index (κ2) is 13.0. The summed E-state index contributed by atoms with van der Waals surface area (Å²) in [6.45, 7) is 0. The topological polar surface area (TPSA) is 3.24 Å². The van der Waals surface area contributed by atoms with E-state index in [4.69, 9.17) is 0 Å². The van der Waals surface area contributed by atoms with E-state index in [2.05, 4.69) is 217 Å². The molecule has 0 unspecified atom stereocenters. The smallest absolute Gasteiger partial charge is 0.0546 e. The Balaban J connectivity index is 1.16. The average Bonchev–Trinajstić information content (AvgIpc) is 3.24. The fourth-order valence-electron chi connectivity index (χ4n) is 7.93. The van der Waals surface area contributed by atoms with Gasteiger partial charge in [-0.2, -0.15) is 0 Å². The molecule has 0 atom stereocenters.